The number of H-pyrrole nitrogens is 1. The van der Waals surface area contributed by atoms with Crippen LogP contribution in [0.3, 0.4) is 0 Å². The van der Waals surface area contributed by atoms with Gasteiger partial charge in [-0.3, -0.25) is 9.55 Å². The van der Waals surface area contributed by atoms with Crippen molar-refractivity contribution < 1.29 is 5.11 Å². The van der Waals surface area contributed by atoms with E-state index in [0.29, 0.717) is 52.9 Å². The van der Waals surface area contributed by atoms with Crippen LogP contribution in [0.5, 0.6) is 5.88 Å². The summed E-state index contributed by atoms with van der Waals surface area (Å²) in [6, 6.07) is 8.54. The van der Waals surface area contributed by atoms with Crippen molar-refractivity contribution in [2.24, 2.45) is 11.8 Å². The van der Waals surface area contributed by atoms with E-state index >= 15 is 0 Å². The molecule has 2 aliphatic carbocycles. The second-order valence-corrected chi connectivity index (χ2v) is 9.71. The Morgan fingerprint density at radius 3 is 2.97 bits per heavy atom. The molecule has 3 aromatic heterocycles. The number of hydrogen-bond acceptors (Lipinski definition) is 6. The summed E-state index contributed by atoms with van der Waals surface area (Å²) in [4.78, 5) is 21.3. The Bertz CT molecular complexity index is 1580. The highest BCUT2D eigenvalue weighted by Crippen LogP contribution is 2.53. The third kappa shape index (κ3) is 2.76. The number of aromatic amines is 1. The number of anilines is 2. The number of halogens is 1. The standard InChI is InChI=1S/C24H22ClN7O2/c25-19-20(26)32-21(28-22(19)30-5-6-31-18(11-30)23(33)29-24(31)34)17(10-27-32)16-8-13-4-2-1-3-12(13)7-14-9-15(14)16/h1-4,8,10,14-15,33H,5-7,9,11,26H2,(H,29,34). The zero-order valence-corrected chi connectivity index (χ0v) is 19.0. The maximum Gasteiger partial charge on any atom is 0.328 e. The zero-order valence-electron chi connectivity index (χ0n) is 18.2. The van der Waals surface area contributed by atoms with Gasteiger partial charge in [0.1, 0.15) is 16.5 Å². The Morgan fingerprint density at radius 1 is 1.24 bits per heavy atom. The quantitative estimate of drug-likeness (QED) is 0.410. The van der Waals surface area contributed by atoms with Gasteiger partial charge in [0.15, 0.2) is 11.5 Å². The van der Waals surface area contributed by atoms with Crippen molar-refractivity contribution in [3.8, 4) is 5.88 Å². The monoisotopic (exact) mass is 475 g/mol. The van der Waals surface area contributed by atoms with Gasteiger partial charge in [-0.2, -0.15) is 9.61 Å². The van der Waals surface area contributed by atoms with Crippen molar-refractivity contribution >= 4 is 40.5 Å². The van der Waals surface area contributed by atoms with E-state index in [1.54, 1.807) is 4.52 Å². The van der Waals surface area contributed by atoms with E-state index in [-0.39, 0.29) is 18.1 Å². The predicted octanol–water partition coefficient (Wildman–Crippen LogP) is 2.91. The minimum absolute atomic E-state index is 0.132. The Kier molecular flexibility index (Phi) is 4.00. The second kappa shape index (κ2) is 6.89. The molecule has 4 aromatic rings. The molecule has 1 saturated carbocycles. The molecule has 0 amide bonds. The first-order valence-corrected chi connectivity index (χ1v) is 11.8. The van der Waals surface area contributed by atoms with Gasteiger partial charge in [0, 0.05) is 18.7 Å². The topological polar surface area (TPSA) is 117 Å². The van der Waals surface area contributed by atoms with E-state index in [1.165, 1.54) is 21.3 Å². The minimum atomic E-state index is -0.321. The van der Waals surface area contributed by atoms with Crippen LogP contribution >= 0.6 is 11.6 Å². The van der Waals surface area contributed by atoms with Crippen molar-refractivity contribution in [3.63, 3.8) is 0 Å². The molecule has 172 valence electrons. The maximum absolute atomic E-state index is 12.0. The average Bonchev–Trinajstić information content (AvgIpc) is 3.41. The first kappa shape index (κ1) is 19.7. The van der Waals surface area contributed by atoms with Gasteiger partial charge < -0.3 is 15.7 Å². The molecule has 1 fully saturated rings. The Balaban J connectivity index is 1.36. The fraction of sp³-hybridized carbons (Fsp3) is 0.292. The molecule has 0 bridgehead atoms. The van der Waals surface area contributed by atoms with Crippen LogP contribution in [0.15, 0.2) is 35.3 Å². The first-order valence-electron chi connectivity index (χ1n) is 11.4. The van der Waals surface area contributed by atoms with Gasteiger partial charge in [0.2, 0.25) is 5.88 Å². The molecule has 10 heteroatoms. The SMILES string of the molecule is Nc1c(Cl)c(N2CCn3c(c(O)[nH]c3=O)C2)nc2c(C3=Cc4ccccc4CC4CC34)cnn12. The van der Waals surface area contributed by atoms with Crippen molar-refractivity contribution in [2.75, 3.05) is 17.2 Å². The number of nitrogens with two attached hydrogens (primary N) is 1. The Hall–Kier alpha value is -3.72. The maximum atomic E-state index is 12.0. The lowest BCUT2D eigenvalue weighted by molar-refractivity contribution is 0.439. The zero-order chi connectivity index (χ0) is 23.1. The third-order valence-electron chi connectivity index (χ3n) is 7.39. The van der Waals surface area contributed by atoms with Gasteiger partial charge in [0.05, 0.1) is 12.7 Å². The molecule has 2 unspecified atom stereocenters. The minimum Gasteiger partial charge on any atom is -0.493 e. The highest BCUT2D eigenvalue weighted by atomic mass is 35.5. The summed E-state index contributed by atoms with van der Waals surface area (Å²) >= 11 is 6.66. The number of nitrogens with zero attached hydrogens (tertiary/aromatic N) is 5. The summed E-state index contributed by atoms with van der Waals surface area (Å²) in [6.45, 7) is 1.21. The van der Waals surface area contributed by atoms with Gasteiger partial charge in [-0.15, -0.1) is 0 Å². The van der Waals surface area contributed by atoms with Crippen LogP contribution in [-0.2, 0) is 19.5 Å². The molecule has 4 heterocycles. The number of aromatic hydroxyl groups is 1. The number of rotatable bonds is 2. The van der Waals surface area contributed by atoms with Gasteiger partial charge in [-0.25, -0.2) is 9.78 Å². The number of aromatic nitrogens is 5. The molecule has 7 rings (SSSR count). The van der Waals surface area contributed by atoms with E-state index in [0.717, 1.165) is 18.4 Å². The molecule has 4 N–H and O–H groups in total. The number of benzene rings is 1. The van der Waals surface area contributed by atoms with Gasteiger partial charge in [-0.1, -0.05) is 41.9 Å². The van der Waals surface area contributed by atoms with Crippen molar-refractivity contribution in [2.45, 2.75) is 25.9 Å². The molecular formula is C24H22ClN7O2. The van der Waals surface area contributed by atoms with Crippen LogP contribution in [0.4, 0.5) is 11.6 Å². The fourth-order valence-electron chi connectivity index (χ4n) is 5.49. The van der Waals surface area contributed by atoms with Gasteiger partial charge in [-0.05, 0) is 41.4 Å². The van der Waals surface area contributed by atoms with Gasteiger partial charge in [0.25, 0.3) is 0 Å². The smallest absolute Gasteiger partial charge is 0.328 e. The lowest BCUT2D eigenvalue weighted by Crippen LogP contribution is -2.37. The van der Waals surface area contributed by atoms with Crippen LogP contribution in [0, 0.1) is 11.8 Å². The number of nitrogen functional groups attached to an aromatic ring is 1. The van der Waals surface area contributed by atoms with E-state index in [9.17, 15) is 9.90 Å². The largest absolute Gasteiger partial charge is 0.493 e. The molecule has 3 aliphatic rings. The van der Waals surface area contributed by atoms with Crippen LogP contribution in [0.1, 0.15) is 28.8 Å². The third-order valence-corrected chi connectivity index (χ3v) is 7.75. The van der Waals surface area contributed by atoms with Crippen molar-refractivity contribution in [1.29, 1.82) is 0 Å². The van der Waals surface area contributed by atoms with Crippen molar-refractivity contribution in [3.05, 3.63) is 68.4 Å². The highest BCUT2D eigenvalue weighted by molar-refractivity contribution is 6.35. The van der Waals surface area contributed by atoms with Crippen molar-refractivity contribution in [1.82, 2.24) is 24.1 Å². The van der Waals surface area contributed by atoms with Crippen LogP contribution < -0.4 is 16.3 Å². The lowest BCUT2D eigenvalue weighted by atomic mass is 10.0. The van der Waals surface area contributed by atoms with E-state index in [4.69, 9.17) is 22.3 Å². The number of allylic oxidation sites excluding steroid dienone is 1. The predicted molar refractivity (Wildman–Crippen MR) is 130 cm³/mol. The molecular weight excluding hydrogens is 454 g/mol. The molecule has 0 radical (unpaired) electrons. The summed E-state index contributed by atoms with van der Waals surface area (Å²) in [6.07, 6.45) is 6.35. The lowest BCUT2D eigenvalue weighted by Gasteiger charge is -2.29. The number of fused-ring (bicyclic) bond motifs is 4. The van der Waals surface area contributed by atoms with Gasteiger partial charge >= 0.3 is 5.69 Å². The Morgan fingerprint density at radius 2 is 2.09 bits per heavy atom. The molecule has 9 nitrogen and oxygen atoms in total. The second-order valence-electron chi connectivity index (χ2n) is 9.33. The fourth-order valence-corrected chi connectivity index (χ4v) is 5.74. The summed E-state index contributed by atoms with van der Waals surface area (Å²) in [5.74, 6) is 1.81. The number of hydrogen-bond donors (Lipinski definition) is 3. The summed E-state index contributed by atoms with van der Waals surface area (Å²) < 4.78 is 3.14. The highest BCUT2D eigenvalue weighted by Gasteiger charge is 2.43. The summed E-state index contributed by atoms with van der Waals surface area (Å²) in [5, 5.41) is 15.0. The summed E-state index contributed by atoms with van der Waals surface area (Å²) in [5.41, 5.74) is 12.1. The Labute approximate surface area is 199 Å². The average molecular weight is 476 g/mol. The normalized spacial score (nSPS) is 21.0. The molecule has 0 spiro atoms. The molecule has 1 aliphatic heterocycles. The van der Waals surface area contributed by atoms with E-state index in [1.807, 2.05) is 11.1 Å². The van der Waals surface area contributed by atoms with Crippen LogP contribution in [0.2, 0.25) is 5.02 Å². The van der Waals surface area contributed by atoms with E-state index < -0.39 is 0 Å². The molecule has 34 heavy (non-hydrogen) atoms. The number of imidazole rings is 1. The molecule has 2 atom stereocenters. The number of nitrogens with one attached hydrogen (secondary N) is 1. The molecule has 1 aromatic carbocycles. The van der Waals surface area contributed by atoms with E-state index in [2.05, 4.69) is 40.4 Å². The first-order chi connectivity index (χ1) is 16.5. The van der Waals surface area contributed by atoms with Crippen LogP contribution in [-0.4, -0.2) is 35.8 Å². The molecule has 0 saturated heterocycles. The van der Waals surface area contributed by atoms with Crippen LogP contribution in [0.25, 0.3) is 17.3 Å². The summed E-state index contributed by atoms with van der Waals surface area (Å²) in [7, 11) is 0.